The van der Waals surface area contributed by atoms with Gasteiger partial charge >= 0.3 is 101 Å². The summed E-state index contributed by atoms with van der Waals surface area (Å²) in [6, 6.07) is 0. The predicted molar refractivity (Wildman–Crippen MR) is 60.2 cm³/mol. The summed E-state index contributed by atoms with van der Waals surface area (Å²) in [5.41, 5.74) is 1.80. The second-order valence-corrected chi connectivity index (χ2v) is 7.17. The molecule has 3 rings (SSSR count). The van der Waals surface area contributed by atoms with E-state index in [1.807, 2.05) is 0 Å². The maximum Gasteiger partial charge on any atom is -1.00 e. The summed E-state index contributed by atoms with van der Waals surface area (Å²) < 4.78 is 2.74. The molecule has 3 aliphatic rings. The number of rotatable bonds is 2. The van der Waals surface area contributed by atoms with Crippen molar-refractivity contribution in [3.8, 4) is 0 Å². The molecule has 90 valence electrons. The standard InChI is InChI=1S/C9H11.C5H5.2HI.Ti/c1-2-5-9-7-3-6-8(9)4-1;1-2-4-5-3-1;;;/h1-2,4,6,9H,3,5,7H2;1-3H,4H2;2*1H;/q;;;;+2/p-2. The third kappa shape index (κ3) is 3.80. The number of halogens is 2. The van der Waals surface area contributed by atoms with Crippen molar-refractivity contribution in [2.45, 2.75) is 29.9 Å². The molecular formula is C14H16I2Ti. The van der Waals surface area contributed by atoms with Crippen LogP contribution in [0.5, 0.6) is 0 Å². The summed E-state index contributed by atoms with van der Waals surface area (Å²) in [6.07, 6.45) is 19.4. The minimum absolute atomic E-state index is 0. The Kier molecular flexibility index (Phi) is 7.29. The molecule has 0 spiro atoms. The third-order valence-corrected chi connectivity index (χ3v) is 6.33. The van der Waals surface area contributed by atoms with Crippen molar-refractivity contribution in [1.82, 2.24) is 0 Å². The van der Waals surface area contributed by atoms with Crippen molar-refractivity contribution in [3.63, 3.8) is 0 Å². The molecule has 0 amide bonds. The molecule has 0 saturated heterocycles. The first-order valence-electron chi connectivity index (χ1n) is 5.92. The van der Waals surface area contributed by atoms with E-state index < -0.39 is 0 Å². The van der Waals surface area contributed by atoms with E-state index in [4.69, 9.17) is 0 Å². The van der Waals surface area contributed by atoms with E-state index in [1.165, 1.54) is 25.7 Å². The van der Waals surface area contributed by atoms with E-state index >= 15 is 0 Å². The van der Waals surface area contributed by atoms with E-state index in [0.29, 0.717) is 0 Å². The molecule has 1 saturated carbocycles. The molecule has 0 N–H and O–H groups in total. The Morgan fingerprint density at radius 3 is 2.59 bits per heavy atom. The summed E-state index contributed by atoms with van der Waals surface area (Å²) in [7, 11) is 0. The van der Waals surface area contributed by atoms with E-state index in [-0.39, 0.29) is 67.1 Å². The summed E-state index contributed by atoms with van der Waals surface area (Å²) >= 11 is 0.126. The molecule has 0 heterocycles. The molecule has 17 heavy (non-hydrogen) atoms. The molecule has 2 atom stereocenters. The number of allylic oxidation sites excluding steroid dienone is 8. The van der Waals surface area contributed by atoms with Crippen LogP contribution in [0.4, 0.5) is 0 Å². The Morgan fingerprint density at radius 1 is 1.00 bits per heavy atom. The average Bonchev–Trinajstić information content (AvgIpc) is 2.89. The summed E-state index contributed by atoms with van der Waals surface area (Å²) in [5.74, 6) is 0.915. The van der Waals surface area contributed by atoms with Crippen LogP contribution in [0.1, 0.15) is 25.7 Å². The fraction of sp³-hybridized carbons (Fsp3) is 0.429. The maximum atomic E-state index is 2.41. The van der Waals surface area contributed by atoms with Gasteiger partial charge in [-0.2, -0.15) is 0 Å². The van der Waals surface area contributed by atoms with Gasteiger partial charge in [0.2, 0.25) is 0 Å². The van der Waals surface area contributed by atoms with Crippen LogP contribution in [0, 0.1) is 5.92 Å². The Hall–Kier alpha value is 1.13. The first kappa shape index (κ1) is 16.2. The number of hydrogen-bond acceptors (Lipinski definition) is 0. The van der Waals surface area contributed by atoms with Crippen molar-refractivity contribution in [1.29, 1.82) is 0 Å². The minimum atomic E-state index is 0. The van der Waals surface area contributed by atoms with Crippen LogP contribution in [0.3, 0.4) is 0 Å². The van der Waals surface area contributed by atoms with Gasteiger partial charge in [-0.25, -0.2) is 0 Å². The van der Waals surface area contributed by atoms with Crippen LogP contribution in [0.15, 0.2) is 45.9 Å². The SMILES string of the molecule is C1=CC[C]([Ti+2][CH]2CCC3CC=CC=C32)=C1.[I-].[I-]. The van der Waals surface area contributed by atoms with E-state index in [1.54, 1.807) is 9.45 Å². The van der Waals surface area contributed by atoms with Crippen molar-refractivity contribution in [3.05, 3.63) is 45.9 Å². The molecule has 0 radical (unpaired) electrons. The number of fused-ring (bicyclic) bond motifs is 1. The predicted octanol–water partition coefficient (Wildman–Crippen LogP) is -1.99. The van der Waals surface area contributed by atoms with Gasteiger partial charge in [0.15, 0.2) is 0 Å². The average molecular weight is 486 g/mol. The van der Waals surface area contributed by atoms with Gasteiger partial charge in [-0.1, -0.05) is 0 Å². The Labute approximate surface area is 147 Å². The van der Waals surface area contributed by atoms with Gasteiger partial charge in [0.05, 0.1) is 0 Å². The first-order chi connectivity index (χ1) is 7.43. The van der Waals surface area contributed by atoms with Gasteiger partial charge in [0, 0.05) is 0 Å². The summed E-state index contributed by atoms with van der Waals surface area (Å²) in [5, 5.41) is 0. The van der Waals surface area contributed by atoms with Crippen LogP contribution in [-0.4, -0.2) is 0 Å². The Bertz CT molecular complexity index is 380. The van der Waals surface area contributed by atoms with E-state index in [9.17, 15) is 0 Å². The van der Waals surface area contributed by atoms with Gasteiger partial charge < -0.3 is 48.0 Å². The van der Waals surface area contributed by atoms with E-state index in [0.717, 1.165) is 10.1 Å². The molecule has 3 aliphatic carbocycles. The van der Waals surface area contributed by atoms with Crippen molar-refractivity contribution >= 4 is 0 Å². The van der Waals surface area contributed by atoms with Gasteiger partial charge in [-0.05, 0) is 0 Å². The molecule has 0 aromatic rings. The van der Waals surface area contributed by atoms with Crippen LogP contribution in [0.25, 0.3) is 0 Å². The zero-order valence-electron chi connectivity index (χ0n) is 9.70. The molecule has 0 aliphatic heterocycles. The molecule has 0 bridgehead atoms. The smallest absolute Gasteiger partial charge is 1.00 e. The van der Waals surface area contributed by atoms with Crippen LogP contribution in [0.2, 0.25) is 4.22 Å². The quantitative estimate of drug-likeness (QED) is 0.314. The van der Waals surface area contributed by atoms with Gasteiger partial charge in [0.25, 0.3) is 0 Å². The first-order valence-corrected chi connectivity index (χ1v) is 7.60. The zero-order chi connectivity index (χ0) is 10.1. The fourth-order valence-corrected chi connectivity index (χ4v) is 5.48. The molecule has 0 nitrogen and oxygen atoms in total. The molecule has 1 fully saturated rings. The second kappa shape index (κ2) is 7.66. The number of hydrogen-bond donors (Lipinski definition) is 0. The zero-order valence-corrected chi connectivity index (χ0v) is 15.6. The monoisotopic (exact) mass is 486 g/mol. The molecule has 2 unspecified atom stereocenters. The van der Waals surface area contributed by atoms with Crippen molar-refractivity contribution < 1.29 is 67.1 Å². The van der Waals surface area contributed by atoms with Gasteiger partial charge in [0.1, 0.15) is 0 Å². The molecular weight excluding hydrogens is 470 g/mol. The van der Waals surface area contributed by atoms with Crippen LogP contribution in [-0.2, 0) is 19.2 Å². The van der Waals surface area contributed by atoms with Crippen LogP contribution >= 0.6 is 0 Å². The maximum absolute atomic E-state index is 2.41. The fourth-order valence-electron chi connectivity index (χ4n) is 2.85. The molecule has 3 heteroatoms. The molecule has 0 aromatic carbocycles. The summed E-state index contributed by atoms with van der Waals surface area (Å²) in [6.45, 7) is 0. The topological polar surface area (TPSA) is 0 Å². The largest absolute Gasteiger partial charge is 1.00 e. The van der Waals surface area contributed by atoms with Gasteiger partial charge in [-0.15, -0.1) is 0 Å². The van der Waals surface area contributed by atoms with Gasteiger partial charge in [-0.3, -0.25) is 0 Å². The van der Waals surface area contributed by atoms with Crippen molar-refractivity contribution in [2.75, 3.05) is 0 Å². The Morgan fingerprint density at radius 2 is 1.82 bits per heavy atom. The minimum Gasteiger partial charge on any atom is -1.00 e. The Balaban J connectivity index is 0.000000722. The summed E-state index contributed by atoms with van der Waals surface area (Å²) in [4.78, 5) is 0. The van der Waals surface area contributed by atoms with E-state index in [2.05, 4.69) is 36.5 Å². The van der Waals surface area contributed by atoms with Crippen LogP contribution < -0.4 is 48.0 Å². The normalized spacial score (nSPS) is 28.5. The third-order valence-electron chi connectivity index (χ3n) is 3.65. The second-order valence-electron chi connectivity index (χ2n) is 4.63. The molecule has 0 aromatic heterocycles. The van der Waals surface area contributed by atoms with Crippen molar-refractivity contribution in [2.24, 2.45) is 5.92 Å².